The lowest BCUT2D eigenvalue weighted by molar-refractivity contribution is 0.120. The highest BCUT2D eigenvalue weighted by atomic mass is 16.5. The summed E-state index contributed by atoms with van der Waals surface area (Å²) in [4.78, 5) is 9.94. The predicted octanol–water partition coefficient (Wildman–Crippen LogP) is 2.72. The van der Waals surface area contributed by atoms with E-state index in [9.17, 15) is 4.91 Å². The summed E-state index contributed by atoms with van der Waals surface area (Å²) in [6.07, 6.45) is 0.956. The topological polar surface area (TPSA) is 63.1 Å². The Morgan fingerprint density at radius 2 is 1.81 bits per heavy atom. The van der Waals surface area contributed by atoms with Crippen molar-refractivity contribution in [3.8, 4) is 0 Å². The van der Waals surface area contributed by atoms with Crippen molar-refractivity contribution in [1.82, 2.24) is 5.32 Å². The van der Waals surface area contributed by atoms with Crippen LogP contribution < -0.4 is 5.32 Å². The lowest BCUT2D eigenvalue weighted by Crippen LogP contribution is -2.35. The van der Waals surface area contributed by atoms with Gasteiger partial charge < -0.3 is 10.1 Å². The Balaban J connectivity index is 4.17. The molecule has 0 radical (unpaired) electrons. The van der Waals surface area contributed by atoms with Crippen LogP contribution in [0, 0.1) is 15.7 Å². The normalized spacial score (nSPS) is 13.5. The highest BCUT2D eigenvalue weighted by Gasteiger charge is 2.32. The molecule has 5 nitrogen and oxygen atoms in total. The Morgan fingerprint density at radius 3 is 2.19 bits per heavy atom. The van der Waals surface area contributed by atoms with Gasteiger partial charge in [0.05, 0.1) is 12.4 Å². The second-order valence-corrected chi connectivity index (χ2v) is 5.50. The fourth-order valence-corrected chi connectivity index (χ4v) is 1.04. The smallest absolute Gasteiger partial charge is 0.311 e. The highest BCUT2D eigenvalue weighted by Crippen LogP contribution is 2.40. The molecule has 0 saturated heterocycles. The molecule has 0 aromatic heterocycles. The van der Waals surface area contributed by atoms with E-state index in [2.05, 4.69) is 50.3 Å². The molecule has 1 N–H and O–H groups in total. The van der Waals surface area contributed by atoms with Crippen LogP contribution in [0.15, 0.2) is 10.4 Å². The van der Waals surface area contributed by atoms with E-state index >= 15 is 0 Å². The lowest BCUT2D eigenvalue weighted by Gasteiger charge is -2.39. The molecule has 0 bridgehead atoms. The molecule has 0 aliphatic carbocycles. The number of methoxy groups -OCH3 is 1. The minimum Gasteiger partial charge on any atom is -0.467 e. The number of rotatable bonds is 4. The van der Waals surface area contributed by atoms with Crippen LogP contribution in [0.4, 0.5) is 0 Å². The minimum atomic E-state index is 0.166. The lowest BCUT2D eigenvalue weighted by atomic mass is 9.67. The van der Waals surface area contributed by atoms with E-state index in [0.717, 1.165) is 6.42 Å². The molecule has 0 fully saturated rings. The molecule has 5 heteroatoms. The van der Waals surface area contributed by atoms with Crippen LogP contribution in [-0.4, -0.2) is 19.7 Å². The monoisotopic (exact) mass is 229 g/mol. The fraction of sp³-hybridized carbons (Fsp3) is 0.909. The van der Waals surface area contributed by atoms with E-state index in [1.54, 1.807) is 0 Å². The molecular formula is C11H23N3O2. The SMILES string of the molecule is COC(=NN=O)NCCC(C)(C)C(C)(C)C. The van der Waals surface area contributed by atoms with E-state index in [-0.39, 0.29) is 16.9 Å². The van der Waals surface area contributed by atoms with Gasteiger partial charge in [0.2, 0.25) is 0 Å². The van der Waals surface area contributed by atoms with Gasteiger partial charge in [0.25, 0.3) is 0 Å². The largest absolute Gasteiger partial charge is 0.467 e. The first-order valence-corrected chi connectivity index (χ1v) is 5.43. The third-order valence-corrected chi connectivity index (χ3v) is 3.38. The number of nitrogens with zero attached hydrogens (tertiary/aromatic N) is 2. The molecule has 0 aliphatic heterocycles. The van der Waals surface area contributed by atoms with Gasteiger partial charge in [-0.05, 0) is 17.3 Å². The number of amidine groups is 1. The number of nitroso groups, excluding NO2 is 1. The number of ether oxygens (including phenoxy) is 1. The molecule has 0 aromatic rings. The predicted molar refractivity (Wildman–Crippen MR) is 66.1 cm³/mol. The maximum atomic E-state index is 9.94. The van der Waals surface area contributed by atoms with E-state index in [4.69, 9.17) is 4.74 Å². The van der Waals surface area contributed by atoms with Gasteiger partial charge in [0.1, 0.15) is 0 Å². The molecule has 0 aliphatic rings. The van der Waals surface area contributed by atoms with Crippen LogP contribution in [0.2, 0.25) is 0 Å². The average molecular weight is 229 g/mol. The van der Waals surface area contributed by atoms with Crippen molar-refractivity contribution < 1.29 is 4.74 Å². The van der Waals surface area contributed by atoms with Gasteiger partial charge in [-0.2, -0.15) is 0 Å². The first kappa shape index (κ1) is 14.9. The highest BCUT2D eigenvalue weighted by molar-refractivity contribution is 5.72. The summed E-state index contributed by atoms with van der Waals surface area (Å²) in [6.45, 7) is 11.8. The van der Waals surface area contributed by atoms with E-state index < -0.39 is 0 Å². The van der Waals surface area contributed by atoms with Crippen molar-refractivity contribution in [1.29, 1.82) is 0 Å². The van der Waals surface area contributed by atoms with Crippen LogP contribution in [-0.2, 0) is 4.74 Å². The zero-order valence-corrected chi connectivity index (χ0v) is 11.1. The number of hydrogen-bond acceptors (Lipinski definition) is 3. The Hall–Kier alpha value is -1.13. The summed E-state index contributed by atoms with van der Waals surface area (Å²) in [5, 5.41) is 8.63. The molecule has 0 aromatic carbocycles. The van der Waals surface area contributed by atoms with Crippen LogP contribution in [0.25, 0.3) is 0 Å². The Bertz CT molecular complexity index is 254. The van der Waals surface area contributed by atoms with Gasteiger partial charge >= 0.3 is 6.02 Å². The molecule has 0 unspecified atom stereocenters. The van der Waals surface area contributed by atoms with E-state index in [1.807, 2.05) is 0 Å². The zero-order valence-electron chi connectivity index (χ0n) is 11.1. The summed E-state index contributed by atoms with van der Waals surface area (Å²) in [7, 11) is 1.45. The molecule has 0 heterocycles. The summed E-state index contributed by atoms with van der Waals surface area (Å²) >= 11 is 0. The minimum absolute atomic E-state index is 0.166. The fourth-order valence-electron chi connectivity index (χ4n) is 1.04. The second-order valence-electron chi connectivity index (χ2n) is 5.50. The zero-order chi connectivity index (χ0) is 12.8. The summed E-state index contributed by atoms with van der Waals surface area (Å²) in [6, 6.07) is 0.166. The maximum Gasteiger partial charge on any atom is 0.311 e. The van der Waals surface area contributed by atoms with Crippen LogP contribution in [0.5, 0.6) is 0 Å². The Morgan fingerprint density at radius 1 is 1.25 bits per heavy atom. The molecule has 94 valence electrons. The van der Waals surface area contributed by atoms with Crippen molar-refractivity contribution in [3.05, 3.63) is 4.91 Å². The Labute approximate surface area is 97.6 Å². The van der Waals surface area contributed by atoms with Crippen LogP contribution in [0.1, 0.15) is 41.0 Å². The second kappa shape index (κ2) is 5.82. The van der Waals surface area contributed by atoms with Crippen molar-refractivity contribution in [3.63, 3.8) is 0 Å². The first-order chi connectivity index (χ1) is 7.24. The summed E-state index contributed by atoms with van der Waals surface area (Å²) in [5.74, 6) is 0. The van der Waals surface area contributed by atoms with Crippen molar-refractivity contribution in [2.75, 3.05) is 13.7 Å². The molecule has 16 heavy (non-hydrogen) atoms. The van der Waals surface area contributed by atoms with Gasteiger partial charge in [-0.25, -0.2) is 0 Å². The van der Waals surface area contributed by atoms with Crippen molar-refractivity contribution >= 4 is 6.02 Å². The number of hydrogen-bond donors (Lipinski definition) is 1. The summed E-state index contributed by atoms with van der Waals surface area (Å²) in [5.41, 5.74) is 0.412. The van der Waals surface area contributed by atoms with Gasteiger partial charge in [0, 0.05) is 6.54 Å². The summed E-state index contributed by atoms with van der Waals surface area (Å²) < 4.78 is 4.84. The van der Waals surface area contributed by atoms with Gasteiger partial charge in [0.15, 0.2) is 0 Å². The van der Waals surface area contributed by atoms with Crippen molar-refractivity contribution in [2.45, 2.75) is 41.0 Å². The molecular weight excluding hydrogens is 206 g/mol. The van der Waals surface area contributed by atoms with Crippen LogP contribution >= 0.6 is 0 Å². The number of nitrogens with one attached hydrogen (secondary N) is 1. The van der Waals surface area contributed by atoms with Gasteiger partial charge in [-0.15, -0.1) is 4.91 Å². The van der Waals surface area contributed by atoms with Crippen molar-refractivity contribution in [2.24, 2.45) is 21.2 Å². The van der Waals surface area contributed by atoms with Gasteiger partial charge in [-0.3, -0.25) is 0 Å². The molecule has 0 atom stereocenters. The van der Waals surface area contributed by atoms with Crippen LogP contribution in [0.3, 0.4) is 0 Å². The molecule has 0 amide bonds. The van der Waals surface area contributed by atoms with E-state index in [0.29, 0.717) is 6.54 Å². The molecule has 0 spiro atoms. The van der Waals surface area contributed by atoms with Gasteiger partial charge in [-0.1, -0.05) is 39.7 Å². The third kappa shape index (κ3) is 4.59. The molecule has 0 saturated carbocycles. The standard InChI is InChI=1S/C11H23N3O2/c1-10(2,3)11(4,5)7-8-12-9(16-6)13-14-15/h7-8H2,1-6H3,(H,12,13,15). The Kier molecular flexibility index (Phi) is 5.41. The average Bonchev–Trinajstić information content (AvgIpc) is 2.14. The molecule has 0 rings (SSSR count). The third-order valence-electron chi connectivity index (χ3n) is 3.38. The maximum absolute atomic E-state index is 9.94. The quantitative estimate of drug-likeness (QED) is 0.349. The first-order valence-electron chi connectivity index (χ1n) is 5.43. The van der Waals surface area contributed by atoms with E-state index in [1.165, 1.54) is 7.11 Å².